The summed E-state index contributed by atoms with van der Waals surface area (Å²) in [5.41, 5.74) is -5.43. The van der Waals surface area contributed by atoms with Crippen molar-refractivity contribution in [2.75, 3.05) is 5.75 Å². The summed E-state index contributed by atoms with van der Waals surface area (Å²) in [6, 6.07) is 10.4. The standard InChI is InChI=1S/C12H8F3IN2S/c13-12(14,15)19-8-11(6-17,7-18)5-9-1-3-10(16)4-2-9/h1-4H,5,8H2. The lowest BCUT2D eigenvalue weighted by atomic mass is 9.86. The van der Waals surface area contributed by atoms with Crippen LogP contribution >= 0.6 is 34.4 Å². The molecule has 0 aromatic heterocycles. The highest BCUT2D eigenvalue weighted by molar-refractivity contribution is 14.1. The van der Waals surface area contributed by atoms with E-state index in [2.05, 4.69) is 22.6 Å². The van der Waals surface area contributed by atoms with Crippen molar-refractivity contribution in [3.8, 4) is 12.1 Å². The molecule has 0 fully saturated rings. The molecule has 0 saturated carbocycles. The summed E-state index contributed by atoms with van der Waals surface area (Å²) in [5.74, 6) is -0.588. The summed E-state index contributed by atoms with van der Waals surface area (Å²) >= 11 is 1.76. The van der Waals surface area contributed by atoms with Crippen LogP contribution in [-0.4, -0.2) is 11.3 Å². The second-order valence-electron chi connectivity index (χ2n) is 3.84. The number of nitriles is 2. The monoisotopic (exact) mass is 396 g/mol. The Morgan fingerprint density at radius 2 is 1.63 bits per heavy atom. The Kier molecular flexibility index (Phi) is 5.50. The first-order valence-corrected chi connectivity index (χ1v) is 7.14. The van der Waals surface area contributed by atoms with Gasteiger partial charge in [0.05, 0.1) is 12.1 Å². The number of rotatable bonds is 4. The fraction of sp³-hybridized carbons (Fsp3) is 0.333. The normalized spacial score (nSPS) is 11.7. The van der Waals surface area contributed by atoms with Crippen LogP contribution in [0.4, 0.5) is 13.2 Å². The Morgan fingerprint density at radius 1 is 1.11 bits per heavy atom. The maximum absolute atomic E-state index is 12.2. The number of hydrogen-bond donors (Lipinski definition) is 0. The number of alkyl halides is 3. The van der Waals surface area contributed by atoms with Crippen molar-refractivity contribution in [2.45, 2.75) is 11.9 Å². The van der Waals surface area contributed by atoms with E-state index in [1.54, 1.807) is 36.4 Å². The molecule has 0 amide bonds. The third-order valence-electron chi connectivity index (χ3n) is 2.33. The van der Waals surface area contributed by atoms with Gasteiger partial charge >= 0.3 is 5.51 Å². The Hall–Kier alpha value is -0.930. The quantitative estimate of drug-likeness (QED) is 0.720. The summed E-state index contributed by atoms with van der Waals surface area (Å²) in [6.07, 6.45) is -0.0139. The van der Waals surface area contributed by atoms with E-state index < -0.39 is 16.7 Å². The Labute approximate surface area is 126 Å². The van der Waals surface area contributed by atoms with Crippen molar-refractivity contribution in [3.63, 3.8) is 0 Å². The highest BCUT2D eigenvalue weighted by Gasteiger charge is 2.37. The van der Waals surface area contributed by atoms with E-state index in [1.807, 2.05) is 0 Å². The van der Waals surface area contributed by atoms with Gasteiger partial charge in [0.1, 0.15) is 0 Å². The van der Waals surface area contributed by atoms with Crippen LogP contribution in [-0.2, 0) is 6.42 Å². The molecule has 0 radical (unpaired) electrons. The van der Waals surface area contributed by atoms with E-state index in [-0.39, 0.29) is 18.2 Å². The molecule has 0 aliphatic rings. The number of thioether (sulfide) groups is 1. The van der Waals surface area contributed by atoms with Gasteiger partial charge in [0.15, 0.2) is 5.41 Å². The van der Waals surface area contributed by atoms with Crippen molar-refractivity contribution in [1.82, 2.24) is 0 Å². The molecular weight excluding hydrogens is 388 g/mol. The predicted molar refractivity (Wildman–Crippen MR) is 75.0 cm³/mol. The molecule has 1 rings (SSSR count). The molecule has 0 bridgehead atoms. The fourth-order valence-electron chi connectivity index (χ4n) is 1.38. The van der Waals surface area contributed by atoms with Crippen LogP contribution in [0.15, 0.2) is 24.3 Å². The lowest BCUT2D eigenvalue weighted by Gasteiger charge is -2.19. The van der Waals surface area contributed by atoms with Gasteiger partial charge < -0.3 is 0 Å². The van der Waals surface area contributed by atoms with E-state index >= 15 is 0 Å². The Balaban J connectivity index is 2.86. The highest BCUT2D eigenvalue weighted by Crippen LogP contribution is 2.36. The molecular formula is C12H8F3IN2S. The molecule has 0 heterocycles. The van der Waals surface area contributed by atoms with Crippen LogP contribution in [0, 0.1) is 31.6 Å². The molecule has 2 nitrogen and oxygen atoms in total. The second-order valence-corrected chi connectivity index (χ2v) is 6.13. The van der Waals surface area contributed by atoms with Gasteiger partial charge in [-0.3, -0.25) is 0 Å². The third-order valence-corrected chi connectivity index (χ3v) is 4.01. The minimum Gasteiger partial charge on any atom is -0.197 e. The highest BCUT2D eigenvalue weighted by atomic mass is 127. The van der Waals surface area contributed by atoms with E-state index in [0.29, 0.717) is 5.56 Å². The van der Waals surface area contributed by atoms with Crippen molar-refractivity contribution in [3.05, 3.63) is 33.4 Å². The summed E-state index contributed by atoms with van der Waals surface area (Å²) in [6.45, 7) is 0. The van der Waals surface area contributed by atoms with E-state index in [0.717, 1.165) is 3.57 Å². The summed E-state index contributed by atoms with van der Waals surface area (Å²) in [4.78, 5) is 0. The van der Waals surface area contributed by atoms with Gasteiger partial charge in [-0.2, -0.15) is 23.7 Å². The van der Waals surface area contributed by atoms with Gasteiger partial charge in [0.25, 0.3) is 0 Å². The zero-order valence-electron chi connectivity index (χ0n) is 9.54. The van der Waals surface area contributed by atoms with Gasteiger partial charge in [-0.15, -0.1) is 0 Å². The fourth-order valence-corrected chi connectivity index (χ4v) is 2.38. The van der Waals surface area contributed by atoms with Crippen molar-refractivity contribution < 1.29 is 13.2 Å². The summed E-state index contributed by atoms with van der Waals surface area (Å²) in [7, 11) is 0. The molecule has 1 aromatic rings. The lowest BCUT2D eigenvalue weighted by molar-refractivity contribution is -0.0330. The van der Waals surface area contributed by atoms with Gasteiger partial charge in [0.2, 0.25) is 0 Å². The number of nitrogens with zero attached hydrogens (tertiary/aromatic N) is 2. The number of benzene rings is 1. The maximum Gasteiger partial charge on any atom is 0.441 e. The van der Waals surface area contributed by atoms with Crippen LogP contribution < -0.4 is 0 Å². The SMILES string of the molecule is N#CC(C#N)(CSC(F)(F)F)Cc1ccc(I)cc1. The second kappa shape index (κ2) is 6.49. The van der Waals surface area contributed by atoms with Crippen LogP contribution in [0.25, 0.3) is 0 Å². The lowest BCUT2D eigenvalue weighted by Crippen LogP contribution is -2.24. The van der Waals surface area contributed by atoms with E-state index in [4.69, 9.17) is 10.5 Å². The van der Waals surface area contributed by atoms with Gasteiger partial charge in [-0.05, 0) is 52.0 Å². The zero-order valence-corrected chi connectivity index (χ0v) is 12.5. The molecule has 1 aromatic carbocycles. The first-order valence-electron chi connectivity index (χ1n) is 5.08. The maximum atomic E-state index is 12.2. The zero-order chi connectivity index (χ0) is 14.5. The van der Waals surface area contributed by atoms with Crippen LogP contribution in [0.5, 0.6) is 0 Å². The smallest absolute Gasteiger partial charge is 0.197 e. The van der Waals surface area contributed by atoms with Crippen LogP contribution in [0.1, 0.15) is 5.56 Å². The van der Waals surface area contributed by atoms with Gasteiger partial charge in [-0.1, -0.05) is 12.1 Å². The third kappa shape index (κ3) is 5.29. The summed E-state index contributed by atoms with van der Waals surface area (Å²) < 4.78 is 37.6. The summed E-state index contributed by atoms with van der Waals surface area (Å²) in [5, 5.41) is 18.1. The molecule has 0 saturated heterocycles. The van der Waals surface area contributed by atoms with Crippen LogP contribution in [0.3, 0.4) is 0 Å². The van der Waals surface area contributed by atoms with E-state index in [1.165, 1.54) is 0 Å². The van der Waals surface area contributed by atoms with Crippen molar-refractivity contribution >= 4 is 34.4 Å². The average Bonchev–Trinajstić information content (AvgIpc) is 2.36. The van der Waals surface area contributed by atoms with Gasteiger partial charge in [-0.25, -0.2) is 0 Å². The molecule has 0 aliphatic carbocycles. The topological polar surface area (TPSA) is 47.6 Å². The minimum atomic E-state index is -4.44. The molecule has 0 unspecified atom stereocenters. The van der Waals surface area contributed by atoms with Crippen LogP contribution in [0.2, 0.25) is 0 Å². The number of halogens is 4. The van der Waals surface area contributed by atoms with Crippen molar-refractivity contribution in [2.24, 2.45) is 5.41 Å². The minimum absolute atomic E-state index is 0.0139. The average molecular weight is 396 g/mol. The molecule has 7 heteroatoms. The number of hydrogen-bond acceptors (Lipinski definition) is 3. The van der Waals surface area contributed by atoms with E-state index in [9.17, 15) is 13.2 Å². The first-order chi connectivity index (χ1) is 8.80. The molecule has 0 aliphatic heterocycles. The van der Waals surface area contributed by atoms with Crippen molar-refractivity contribution in [1.29, 1.82) is 10.5 Å². The first kappa shape index (κ1) is 16.1. The molecule has 0 N–H and O–H groups in total. The van der Waals surface area contributed by atoms with Gasteiger partial charge in [0, 0.05) is 15.7 Å². The molecule has 19 heavy (non-hydrogen) atoms. The Bertz CT molecular complexity index is 500. The predicted octanol–water partition coefficient (Wildman–Crippen LogP) is 4.12. The molecule has 0 spiro atoms. The Morgan fingerprint density at radius 3 is 2.05 bits per heavy atom. The molecule has 100 valence electrons. The molecule has 0 atom stereocenters. The largest absolute Gasteiger partial charge is 0.441 e.